The van der Waals surface area contributed by atoms with E-state index in [9.17, 15) is 4.39 Å². The minimum Gasteiger partial charge on any atom is -0.306 e. The van der Waals surface area contributed by atoms with Crippen LogP contribution in [0.3, 0.4) is 0 Å². The van der Waals surface area contributed by atoms with Crippen LogP contribution in [0.1, 0.15) is 45.6 Å². The highest BCUT2D eigenvalue weighted by molar-refractivity contribution is 7.81. The number of halogens is 1. The molecule has 0 aromatic heterocycles. The molecule has 0 spiro atoms. The predicted molar refractivity (Wildman–Crippen MR) is 98.3 cm³/mol. The second-order valence-electron chi connectivity index (χ2n) is 7.88. The molecule has 121 valence electrons. The summed E-state index contributed by atoms with van der Waals surface area (Å²) in [4.78, 5) is 2.31. The lowest BCUT2D eigenvalue weighted by molar-refractivity contribution is 0.322. The Morgan fingerprint density at radius 3 is 2.50 bits per heavy atom. The van der Waals surface area contributed by atoms with Crippen molar-refractivity contribution < 1.29 is 4.39 Å². The van der Waals surface area contributed by atoms with E-state index < -0.39 is 0 Å². The second kappa shape index (κ2) is 6.56. The Labute approximate surface area is 141 Å². The first-order valence-electron chi connectivity index (χ1n) is 8.14. The summed E-state index contributed by atoms with van der Waals surface area (Å²) >= 11 is 4.67. The summed E-state index contributed by atoms with van der Waals surface area (Å²) < 4.78 is 14.3. The van der Waals surface area contributed by atoms with Gasteiger partial charge in [0, 0.05) is 11.3 Å². The molecule has 1 atom stereocenters. The smallest absolute Gasteiger partial charge is 0.156 e. The third kappa shape index (κ3) is 4.08. The Bertz CT molecular complexity index is 524. The molecule has 0 bridgehead atoms. The van der Waals surface area contributed by atoms with Crippen LogP contribution in [0.5, 0.6) is 0 Å². The molecule has 0 aliphatic carbocycles. The Kier molecular flexibility index (Phi) is 5.33. The Balaban J connectivity index is 2.04. The van der Waals surface area contributed by atoms with Crippen molar-refractivity contribution in [1.29, 1.82) is 0 Å². The molecule has 1 radical (unpaired) electrons. The summed E-state index contributed by atoms with van der Waals surface area (Å²) in [5, 5.41) is 0. The third-order valence-electron chi connectivity index (χ3n) is 5.38. The number of likely N-dealkylation sites (N-methyl/N-ethyl adjacent to an activating group) is 1. The minimum absolute atomic E-state index is 0.00931. The molecule has 1 saturated heterocycles. The number of nitrogens with zero attached hydrogens (tertiary/aromatic N) is 1. The van der Waals surface area contributed by atoms with Crippen LogP contribution in [0.2, 0.25) is 6.32 Å². The van der Waals surface area contributed by atoms with E-state index in [0.29, 0.717) is 11.4 Å². The van der Waals surface area contributed by atoms with Crippen LogP contribution in [-0.4, -0.2) is 37.1 Å². The van der Waals surface area contributed by atoms with Crippen LogP contribution in [0.25, 0.3) is 0 Å². The zero-order chi connectivity index (χ0) is 16.5. The van der Waals surface area contributed by atoms with E-state index >= 15 is 0 Å². The van der Waals surface area contributed by atoms with Gasteiger partial charge in [-0.05, 0) is 43.0 Å². The average Bonchev–Trinajstić information content (AvgIpc) is 2.82. The number of hydrogen-bond acceptors (Lipinski definition) is 2. The normalized spacial score (nSPS) is 20.4. The number of thiol groups is 1. The fraction of sp³-hybridized carbons (Fsp3) is 0.667. The largest absolute Gasteiger partial charge is 0.306 e. The molecule has 1 fully saturated rings. The van der Waals surface area contributed by atoms with Gasteiger partial charge in [0.1, 0.15) is 5.82 Å². The van der Waals surface area contributed by atoms with E-state index in [2.05, 4.69) is 58.3 Å². The van der Waals surface area contributed by atoms with Gasteiger partial charge in [-0.2, -0.15) is 12.6 Å². The van der Waals surface area contributed by atoms with Crippen molar-refractivity contribution in [2.24, 2.45) is 5.41 Å². The first-order valence-corrected chi connectivity index (χ1v) is 8.58. The standard InChI is InChI=1S/C18H28BFNS/c1-17(2,18(3,4)22)12-19-15-7-6-13(10-16(15)20)14-8-9-21(5)11-14/h6-7,10,14,22H,8-9,11-12H2,1-5H3. The highest BCUT2D eigenvalue weighted by Crippen LogP contribution is 2.38. The number of hydrogen-bond donors (Lipinski definition) is 1. The first-order chi connectivity index (χ1) is 10.1. The second-order valence-corrected chi connectivity index (χ2v) is 9.00. The molecule has 4 heteroatoms. The molecule has 22 heavy (non-hydrogen) atoms. The molecule has 1 unspecified atom stereocenters. The first kappa shape index (κ1) is 17.9. The summed E-state index contributed by atoms with van der Waals surface area (Å²) in [6, 6.07) is 5.76. The fourth-order valence-corrected chi connectivity index (χ4v) is 2.88. The summed E-state index contributed by atoms with van der Waals surface area (Å²) in [7, 11) is 4.14. The summed E-state index contributed by atoms with van der Waals surface area (Å²) in [5.41, 5.74) is 1.85. The van der Waals surface area contributed by atoms with Gasteiger partial charge < -0.3 is 4.90 Å². The molecule has 1 aliphatic rings. The zero-order valence-electron chi connectivity index (χ0n) is 14.5. The van der Waals surface area contributed by atoms with Crippen LogP contribution in [0.4, 0.5) is 4.39 Å². The molecular weight excluding hydrogens is 292 g/mol. The lowest BCUT2D eigenvalue weighted by atomic mass is 9.56. The molecule has 0 N–H and O–H groups in total. The van der Waals surface area contributed by atoms with Crippen molar-refractivity contribution in [3.05, 3.63) is 29.6 Å². The van der Waals surface area contributed by atoms with E-state index in [1.807, 2.05) is 13.3 Å². The maximum atomic E-state index is 14.4. The van der Waals surface area contributed by atoms with Crippen molar-refractivity contribution in [3.63, 3.8) is 0 Å². The monoisotopic (exact) mass is 320 g/mol. The Morgan fingerprint density at radius 1 is 1.32 bits per heavy atom. The van der Waals surface area contributed by atoms with Gasteiger partial charge >= 0.3 is 0 Å². The maximum absolute atomic E-state index is 14.4. The van der Waals surface area contributed by atoms with Gasteiger partial charge in [-0.3, -0.25) is 0 Å². The lowest BCUT2D eigenvalue weighted by Gasteiger charge is -2.38. The Hall–Kier alpha value is -0.475. The fourth-order valence-electron chi connectivity index (χ4n) is 2.78. The van der Waals surface area contributed by atoms with Crippen molar-refractivity contribution in [3.8, 4) is 0 Å². The number of likely N-dealkylation sites (tertiary alicyclic amines) is 1. The van der Waals surface area contributed by atoms with E-state index in [1.165, 1.54) is 0 Å². The summed E-state index contributed by atoms with van der Waals surface area (Å²) in [5.74, 6) is 0.376. The van der Waals surface area contributed by atoms with Crippen LogP contribution in [0.15, 0.2) is 18.2 Å². The molecule has 1 aromatic rings. The van der Waals surface area contributed by atoms with Gasteiger partial charge in [-0.25, -0.2) is 4.39 Å². The zero-order valence-corrected chi connectivity index (χ0v) is 15.4. The molecule has 2 rings (SSSR count). The molecule has 1 aliphatic heterocycles. The maximum Gasteiger partial charge on any atom is 0.156 e. The van der Waals surface area contributed by atoms with Gasteiger partial charge in [0.2, 0.25) is 0 Å². The molecule has 0 amide bonds. The summed E-state index contributed by atoms with van der Waals surface area (Å²) in [6.07, 6.45) is 1.94. The third-order valence-corrected chi connectivity index (χ3v) is 5.98. The van der Waals surface area contributed by atoms with Gasteiger partial charge in [0.15, 0.2) is 7.28 Å². The van der Waals surface area contributed by atoms with E-state index in [0.717, 1.165) is 31.4 Å². The molecule has 1 nitrogen and oxygen atoms in total. The van der Waals surface area contributed by atoms with Crippen LogP contribution in [0, 0.1) is 11.2 Å². The van der Waals surface area contributed by atoms with Gasteiger partial charge in [-0.1, -0.05) is 51.6 Å². The number of benzene rings is 1. The van der Waals surface area contributed by atoms with Crippen molar-refractivity contribution in [2.45, 2.75) is 51.1 Å². The van der Waals surface area contributed by atoms with Crippen LogP contribution >= 0.6 is 12.6 Å². The van der Waals surface area contributed by atoms with Gasteiger partial charge in [0.05, 0.1) is 0 Å². The Morgan fingerprint density at radius 2 is 2.00 bits per heavy atom. The predicted octanol–water partition coefficient (Wildman–Crippen LogP) is 3.73. The van der Waals surface area contributed by atoms with E-state index in [-0.39, 0.29) is 16.0 Å². The van der Waals surface area contributed by atoms with E-state index in [4.69, 9.17) is 0 Å². The van der Waals surface area contributed by atoms with Crippen molar-refractivity contribution in [1.82, 2.24) is 4.90 Å². The molecule has 0 saturated carbocycles. The van der Waals surface area contributed by atoms with E-state index in [1.54, 1.807) is 6.07 Å². The summed E-state index contributed by atoms with van der Waals surface area (Å²) in [6.45, 7) is 10.7. The van der Waals surface area contributed by atoms with Gasteiger partial charge in [0.25, 0.3) is 0 Å². The average molecular weight is 320 g/mol. The van der Waals surface area contributed by atoms with Gasteiger partial charge in [-0.15, -0.1) is 0 Å². The topological polar surface area (TPSA) is 3.24 Å². The van der Waals surface area contributed by atoms with Crippen LogP contribution in [-0.2, 0) is 0 Å². The highest BCUT2D eigenvalue weighted by Gasteiger charge is 2.33. The van der Waals surface area contributed by atoms with Crippen molar-refractivity contribution >= 4 is 25.4 Å². The number of rotatable bonds is 5. The quantitative estimate of drug-likeness (QED) is 0.639. The molecule has 1 aromatic carbocycles. The lowest BCUT2D eigenvalue weighted by Crippen LogP contribution is -2.37. The SMILES string of the molecule is CN1CCC(c2ccc([B]CC(C)(C)C(C)(C)S)c(F)c2)C1. The molecular formula is C18H28BFNS. The van der Waals surface area contributed by atoms with Crippen molar-refractivity contribution in [2.75, 3.05) is 20.1 Å². The minimum atomic E-state index is -0.103. The van der Waals surface area contributed by atoms with Crippen LogP contribution < -0.4 is 5.46 Å². The molecule has 1 heterocycles. The highest BCUT2D eigenvalue weighted by atomic mass is 32.1.